The summed E-state index contributed by atoms with van der Waals surface area (Å²) in [6.07, 6.45) is 0.485. The number of Topliss-reactive ketones (excluding diaryl/α,β-unsaturated/α-hetero) is 1. The topological polar surface area (TPSA) is 60.4 Å². The maximum absolute atomic E-state index is 12.0. The lowest BCUT2D eigenvalue weighted by Gasteiger charge is -2.10. The Bertz CT molecular complexity index is 566. The van der Waals surface area contributed by atoms with Gasteiger partial charge in [0.05, 0.1) is 17.4 Å². The molecule has 1 aromatic rings. The number of rotatable bonds is 6. The molecule has 4 nitrogen and oxygen atoms in total. The van der Waals surface area contributed by atoms with Crippen molar-refractivity contribution in [1.29, 1.82) is 0 Å². The van der Waals surface area contributed by atoms with Crippen LogP contribution in [-0.2, 0) is 9.84 Å². The van der Waals surface area contributed by atoms with Crippen LogP contribution in [0.5, 0.6) is 5.75 Å². The van der Waals surface area contributed by atoms with Crippen LogP contribution in [-0.4, -0.2) is 32.3 Å². The number of benzene rings is 1. The first-order chi connectivity index (χ1) is 8.81. The average Bonchev–Trinajstić information content (AvgIpc) is 2.36. The van der Waals surface area contributed by atoms with Crippen LogP contribution in [0.2, 0.25) is 5.02 Å². The molecule has 0 saturated heterocycles. The van der Waals surface area contributed by atoms with Crippen LogP contribution in [0.4, 0.5) is 0 Å². The van der Waals surface area contributed by atoms with E-state index in [1.54, 1.807) is 19.9 Å². The van der Waals surface area contributed by atoms with E-state index in [1.165, 1.54) is 19.2 Å². The largest absolute Gasteiger partial charge is 0.495 e. The number of sulfone groups is 1. The summed E-state index contributed by atoms with van der Waals surface area (Å²) in [5.74, 6) is -0.502. The number of ether oxygens (including phenoxy) is 1. The molecule has 19 heavy (non-hydrogen) atoms. The van der Waals surface area contributed by atoms with Crippen molar-refractivity contribution in [3.05, 3.63) is 28.8 Å². The van der Waals surface area contributed by atoms with Crippen LogP contribution in [0, 0.1) is 0 Å². The maximum atomic E-state index is 12.0. The number of carbonyl (C=O) groups excluding carboxylic acids is 1. The summed E-state index contributed by atoms with van der Waals surface area (Å²) in [7, 11) is -1.94. The SMILES string of the molecule is CCC(C)S(=O)(=O)CC(=O)c1ccc(OC)c(Cl)c1. The Morgan fingerprint density at radius 1 is 1.42 bits per heavy atom. The van der Waals surface area contributed by atoms with Crippen LogP contribution in [0.25, 0.3) is 0 Å². The second-order valence-corrected chi connectivity index (χ2v) is 7.12. The van der Waals surface area contributed by atoms with Gasteiger partial charge in [-0.1, -0.05) is 18.5 Å². The zero-order valence-corrected chi connectivity index (χ0v) is 12.7. The summed E-state index contributed by atoms with van der Waals surface area (Å²) in [5.41, 5.74) is 0.276. The van der Waals surface area contributed by atoms with E-state index in [0.29, 0.717) is 12.2 Å². The highest BCUT2D eigenvalue weighted by molar-refractivity contribution is 7.92. The van der Waals surface area contributed by atoms with E-state index in [0.717, 1.165) is 0 Å². The number of methoxy groups -OCH3 is 1. The van der Waals surface area contributed by atoms with Crippen molar-refractivity contribution in [3.8, 4) is 5.75 Å². The van der Waals surface area contributed by atoms with E-state index in [1.807, 2.05) is 0 Å². The summed E-state index contributed by atoms with van der Waals surface area (Å²) in [6, 6.07) is 4.49. The average molecular weight is 305 g/mol. The minimum Gasteiger partial charge on any atom is -0.495 e. The fraction of sp³-hybridized carbons (Fsp3) is 0.462. The minimum absolute atomic E-state index is 0.276. The van der Waals surface area contributed by atoms with E-state index < -0.39 is 26.6 Å². The van der Waals surface area contributed by atoms with Gasteiger partial charge >= 0.3 is 0 Å². The summed E-state index contributed by atoms with van der Waals surface area (Å²) in [6.45, 7) is 3.38. The Kier molecular flexibility index (Phi) is 5.38. The lowest BCUT2D eigenvalue weighted by atomic mass is 10.1. The van der Waals surface area contributed by atoms with Crippen molar-refractivity contribution in [3.63, 3.8) is 0 Å². The molecule has 1 aromatic carbocycles. The van der Waals surface area contributed by atoms with Crippen LogP contribution in [0.15, 0.2) is 18.2 Å². The van der Waals surface area contributed by atoms with E-state index in [-0.39, 0.29) is 10.6 Å². The van der Waals surface area contributed by atoms with Crippen LogP contribution in [0.1, 0.15) is 30.6 Å². The molecule has 1 atom stereocenters. The standard InChI is InChI=1S/C13H17ClO4S/c1-4-9(2)19(16,17)8-12(15)10-5-6-13(18-3)11(14)7-10/h5-7,9H,4,8H2,1-3H3. The second-order valence-electron chi connectivity index (χ2n) is 4.30. The van der Waals surface area contributed by atoms with E-state index in [2.05, 4.69) is 0 Å². The molecule has 0 aromatic heterocycles. The number of carbonyl (C=O) groups is 1. The van der Waals surface area contributed by atoms with Crippen LogP contribution in [0.3, 0.4) is 0 Å². The van der Waals surface area contributed by atoms with Crippen molar-refractivity contribution in [2.75, 3.05) is 12.9 Å². The molecule has 0 radical (unpaired) electrons. The van der Waals surface area contributed by atoms with Crippen molar-refractivity contribution in [2.24, 2.45) is 0 Å². The quantitative estimate of drug-likeness (QED) is 0.758. The van der Waals surface area contributed by atoms with E-state index >= 15 is 0 Å². The molecule has 106 valence electrons. The fourth-order valence-electron chi connectivity index (χ4n) is 1.50. The summed E-state index contributed by atoms with van der Waals surface area (Å²) in [5, 5.41) is -0.237. The van der Waals surface area contributed by atoms with Gasteiger partial charge < -0.3 is 4.74 Å². The highest BCUT2D eigenvalue weighted by Gasteiger charge is 2.23. The first-order valence-corrected chi connectivity index (χ1v) is 7.99. The Hall–Kier alpha value is -1.07. The lowest BCUT2D eigenvalue weighted by Crippen LogP contribution is -2.25. The molecular weight excluding hydrogens is 288 g/mol. The van der Waals surface area contributed by atoms with Crippen molar-refractivity contribution >= 4 is 27.2 Å². The highest BCUT2D eigenvalue weighted by Crippen LogP contribution is 2.25. The number of ketones is 1. The minimum atomic E-state index is -3.41. The molecule has 0 amide bonds. The Balaban J connectivity index is 2.94. The second kappa shape index (κ2) is 6.39. The molecule has 0 aliphatic rings. The van der Waals surface area contributed by atoms with Gasteiger partial charge in [0.1, 0.15) is 11.5 Å². The summed E-state index contributed by atoms with van der Waals surface area (Å²) in [4.78, 5) is 12.0. The van der Waals surface area contributed by atoms with Crippen LogP contribution >= 0.6 is 11.6 Å². The molecule has 0 aliphatic heterocycles. The zero-order chi connectivity index (χ0) is 14.6. The smallest absolute Gasteiger partial charge is 0.177 e. The van der Waals surface area contributed by atoms with Gasteiger partial charge in [0.25, 0.3) is 0 Å². The maximum Gasteiger partial charge on any atom is 0.177 e. The number of halogens is 1. The van der Waals surface area contributed by atoms with Crippen LogP contribution < -0.4 is 4.74 Å². The van der Waals surface area contributed by atoms with Gasteiger partial charge in [0.2, 0.25) is 0 Å². The molecule has 0 saturated carbocycles. The zero-order valence-electron chi connectivity index (χ0n) is 11.1. The van der Waals surface area contributed by atoms with Gasteiger partial charge in [0.15, 0.2) is 15.6 Å². The third-order valence-electron chi connectivity index (χ3n) is 2.99. The highest BCUT2D eigenvalue weighted by atomic mass is 35.5. The third-order valence-corrected chi connectivity index (χ3v) is 5.51. The predicted molar refractivity (Wildman–Crippen MR) is 75.9 cm³/mol. The normalized spacial score (nSPS) is 13.1. The predicted octanol–water partition coefficient (Wildman–Crippen LogP) is 2.74. The van der Waals surface area contributed by atoms with Gasteiger partial charge in [0, 0.05) is 5.56 Å². The van der Waals surface area contributed by atoms with Gasteiger partial charge in [-0.25, -0.2) is 8.42 Å². The molecule has 0 N–H and O–H groups in total. The molecule has 0 fully saturated rings. The van der Waals surface area contributed by atoms with Crippen molar-refractivity contribution < 1.29 is 17.9 Å². The first-order valence-electron chi connectivity index (χ1n) is 5.90. The third kappa shape index (κ3) is 3.94. The van der Waals surface area contributed by atoms with E-state index in [4.69, 9.17) is 16.3 Å². The molecule has 0 aliphatic carbocycles. The summed E-state index contributed by atoms with van der Waals surface area (Å²) >= 11 is 5.91. The summed E-state index contributed by atoms with van der Waals surface area (Å²) < 4.78 is 28.7. The Morgan fingerprint density at radius 2 is 2.05 bits per heavy atom. The van der Waals surface area contributed by atoms with Gasteiger partial charge in [-0.3, -0.25) is 4.79 Å². The number of hydrogen-bond acceptors (Lipinski definition) is 4. The fourth-order valence-corrected chi connectivity index (χ4v) is 3.08. The molecule has 0 bridgehead atoms. The van der Waals surface area contributed by atoms with Gasteiger partial charge in [-0.2, -0.15) is 0 Å². The number of hydrogen-bond donors (Lipinski definition) is 0. The first kappa shape index (κ1) is 16.0. The molecule has 0 spiro atoms. The van der Waals surface area contributed by atoms with Gasteiger partial charge in [-0.15, -0.1) is 0 Å². The molecule has 6 heteroatoms. The van der Waals surface area contributed by atoms with E-state index in [9.17, 15) is 13.2 Å². The Labute approximate surface area is 118 Å². The van der Waals surface area contributed by atoms with Gasteiger partial charge in [-0.05, 0) is 31.5 Å². The molecular formula is C13H17ClO4S. The lowest BCUT2D eigenvalue weighted by molar-refractivity contribution is 0.102. The molecule has 1 rings (SSSR count). The molecule has 0 heterocycles. The van der Waals surface area contributed by atoms with Crippen molar-refractivity contribution in [1.82, 2.24) is 0 Å². The monoisotopic (exact) mass is 304 g/mol. The Morgan fingerprint density at radius 3 is 2.53 bits per heavy atom. The van der Waals surface area contributed by atoms with Crippen molar-refractivity contribution in [2.45, 2.75) is 25.5 Å². The molecule has 1 unspecified atom stereocenters.